The number of benzene rings is 2. The van der Waals surface area contributed by atoms with Crippen LogP contribution in [0.4, 0.5) is 0 Å². The quantitative estimate of drug-likeness (QED) is 0.354. The molecule has 1 aliphatic carbocycles. The smallest absolute Gasteiger partial charge is 0 e. The van der Waals surface area contributed by atoms with Gasteiger partial charge in [-0.2, -0.15) is 6.07 Å². The van der Waals surface area contributed by atoms with E-state index in [1.807, 2.05) is 0 Å². The second-order valence-electron chi connectivity index (χ2n) is 9.71. The van der Waals surface area contributed by atoms with Gasteiger partial charge in [0.25, 0.3) is 0 Å². The van der Waals surface area contributed by atoms with E-state index in [9.17, 15) is 0 Å². The molecule has 0 atom stereocenters. The van der Waals surface area contributed by atoms with Gasteiger partial charge in [-0.25, -0.2) is 0 Å². The van der Waals surface area contributed by atoms with Gasteiger partial charge in [-0.3, -0.25) is 0 Å². The van der Waals surface area contributed by atoms with Gasteiger partial charge in [0, 0.05) is 26.2 Å². The van der Waals surface area contributed by atoms with Crippen LogP contribution in [0.5, 0.6) is 0 Å². The van der Waals surface area contributed by atoms with Crippen LogP contribution in [0.3, 0.4) is 0 Å². The third-order valence-electron chi connectivity index (χ3n) is 6.83. The Morgan fingerprint density at radius 2 is 1.61 bits per heavy atom. The van der Waals surface area contributed by atoms with Gasteiger partial charge in [-0.1, -0.05) is 82.9 Å². The van der Waals surface area contributed by atoms with Crippen LogP contribution in [0.1, 0.15) is 70.9 Å². The summed E-state index contributed by atoms with van der Waals surface area (Å²) in [5.41, 5.74) is 6.44. The van der Waals surface area contributed by atoms with Crippen molar-refractivity contribution in [1.29, 1.82) is 0 Å². The Balaban J connectivity index is 0.00000225. The van der Waals surface area contributed by atoms with Crippen LogP contribution in [-0.2, 0) is 38.0 Å². The summed E-state index contributed by atoms with van der Waals surface area (Å²) in [6.07, 6.45) is 8.21. The van der Waals surface area contributed by atoms with E-state index >= 15 is 0 Å². The minimum atomic E-state index is 0. The molecule has 0 bridgehead atoms. The van der Waals surface area contributed by atoms with Crippen LogP contribution in [0.25, 0.3) is 21.9 Å². The van der Waals surface area contributed by atoms with E-state index in [2.05, 4.69) is 82.3 Å². The zero-order chi connectivity index (χ0) is 19.1. The Morgan fingerprint density at radius 1 is 0.929 bits per heavy atom. The van der Waals surface area contributed by atoms with Crippen molar-refractivity contribution < 1.29 is 26.2 Å². The maximum absolute atomic E-state index is 2.49. The molecule has 3 aromatic carbocycles. The van der Waals surface area contributed by atoms with Crippen LogP contribution in [0, 0.1) is 5.41 Å². The van der Waals surface area contributed by atoms with Crippen molar-refractivity contribution in [1.82, 2.24) is 0 Å². The minimum Gasteiger partial charge on any atom is -0.164 e. The molecule has 0 unspecified atom stereocenters. The molecule has 1 heteroatoms. The topological polar surface area (TPSA) is 0 Å². The van der Waals surface area contributed by atoms with Crippen molar-refractivity contribution in [3.63, 3.8) is 0 Å². The molecule has 0 nitrogen and oxygen atoms in total. The number of hydrogen-bond acceptors (Lipinski definition) is 0. The predicted octanol–water partition coefficient (Wildman–Crippen LogP) is 8.03. The van der Waals surface area contributed by atoms with E-state index in [-0.39, 0.29) is 31.6 Å². The van der Waals surface area contributed by atoms with Crippen LogP contribution in [0.2, 0.25) is 0 Å². The van der Waals surface area contributed by atoms with Crippen molar-refractivity contribution in [3.05, 3.63) is 65.7 Å². The second-order valence-corrected chi connectivity index (χ2v) is 9.71. The van der Waals surface area contributed by atoms with Crippen molar-refractivity contribution in [2.45, 2.75) is 71.6 Å². The Hall–Kier alpha value is -1.07. The molecule has 0 spiro atoms. The fraction of sp³-hybridized carbons (Fsp3) is 0.444. The van der Waals surface area contributed by atoms with Crippen molar-refractivity contribution in [2.24, 2.45) is 5.41 Å². The molecule has 146 valence electrons. The third kappa shape index (κ3) is 4.11. The molecule has 0 aromatic heterocycles. The zero-order valence-corrected chi connectivity index (χ0v) is 20.4. The molecule has 0 N–H and O–H groups in total. The van der Waals surface area contributed by atoms with Crippen LogP contribution < -0.4 is 0 Å². The van der Waals surface area contributed by atoms with E-state index in [4.69, 9.17) is 0 Å². The van der Waals surface area contributed by atoms with Crippen molar-refractivity contribution >= 4 is 10.8 Å². The molecule has 1 saturated carbocycles. The van der Waals surface area contributed by atoms with Gasteiger partial charge in [-0.15, -0.1) is 34.5 Å². The maximum Gasteiger partial charge on any atom is 0 e. The molecule has 4 rings (SSSR count). The summed E-state index contributed by atoms with van der Waals surface area (Å²) in [4.78, 5) is 0. The van der Waals surface area contributed by atoms with E-state index in [0.717, 1.165) is 0 Å². The fourth-order valence-electron chi connectivity index (χ4n) is 5.22. The molecule has 28 heavy (non-hydrogen) atoms. The molecule has 0 radical (unpaired) electrons. The molecule has 1 aliphatic rings. The summed E-state index contributed by atoms with van der Waals surface area (Å²) in [6, 6.07) is 20.7. The number of rotatable bonds is 4. The average molecular weight is 449 g/mol. The average Bonchev–Trinajstić information content (AvgIpc) is 3.27. The van der Waals surface area contributed by atoms with Crippen molar-refractivity contribution in [2.75, 3.05) is 0 Å². The van der Waals surface area contributed by atoms with Gasteiger partial charge in [0.15, 0.2) is 0 Å². The number of hydrogen-bond donors (Lipinski definition) is 0. The molecule has 1 fully saturated rings. The summed E-state index contributed by atoms with van der Waals surface area (Å²) in [7, 11) is 0. The molecule has 0 heterocycles. The van der Waals surface area contributed by atoms with Crippen LogP contribution in [-0.4, -0.2) is 0 Å². The van der Waals surface area contributed by atoms with E-state index < -0.39 is 0 Å². The van der Waals surface area contributed by atoms with Gasteiger partial charge >= 0.3 is 0 Å². The van der Waals surface area contributed by atoms with Gasteiger partial charge in [-0.05, 0) is 41.2 Å². The largest absolute Gasteiger partial charge is 0.164 e. The van der Waals surface area contributed by atoms with Crippen molar-refractivity contribution in [3.8, 4) is 11.1 Å². The summed E-state index contributed by atoms with van der Waals surface area (Å²) in [6.45, 7) is 9.33. The van der Waals surface area contributed by atoms with Gasteiger partial charge < -0.3 is 0 Å². The van der Waals surface area contributed by atoms with E-state index in [1.165, 1.54) is 71.6 Å². The Kier molecular flexibility index (Phi) is 6.45. The fourth-order valence-corrected chi connectivity index (χ4v) is 5.22. The first-order valence-corrected chi connectivity index (χ1v) is 10.7. The van der Waals surface area contributed by atoms with E-state index in [1.54, 1.807) is 0 Å². The molecular weight excluding hydrogens is 416 g/mol. The Bertz CT molecular complexity index is 932. The minimum absolute atomic E-state index is 0. The number of fused-ring (bicyclic) bond motifs is 1. The first kappa shape index (κ1) is 21.6. The summed E-state index contributed by atoms with van der Waals surface area (Å²) < 4.78 is 0. The molecular formula is C27H33Zr-. The standard InChI is InChI=1S/C27H33.Zr/c1-5-27(15-8-9-16-27)19-20-17-21-11-10-13-22(24(21)18-20)23-12-6-7-14-25(23)26(2,3)4;/h6-7,10-14,17-18H,5,8-9,15-16,19H2,1-4H3;/q-1;. The Morgan fingerprint density at radius 3 is 2.29 bits per heavy atom. The monoisotopic (exact) mass is 447 g/mol. The second kappa shape index (κ2) is 8.35. The Labute approximate surface area is 190 Å². The SMILES string of the molecule is CCC1(Cc2cc3c(-c4ccccc4C(C)(C)C)cccc3[cH-]2)CCCC1.[Zr]. The van der Waals surface area contributed by atoms with Gasteiger partial charge in [0.1, 0.15) is 0 Å². The van der Waals surface area contributed by atoms with Gasteiger partial charge in [0.05, 0.1) is 0 Å². The van der Waals surface area contributed by atoms with Gasteiger partial charge in [0.2, 0.25) is 0 Å². The molecule has 3 aromatic rings. The summed E-state index contributed by atoms with van der Waals surface area (Å²) in [5, 5.41) is 2.82. The third-order valence-corrected chi connectivity index (χ3v) is 6.83. The zero-order valence-electron chi connectivity index (χ0n) is 17.9. The van der Waals surface area contributed by atoms with Crippen LogP contribution >= 0.6 is 0 Å². The van der Waals surface area contributed by atoms with E-state index in [0.29, 0.717) is 5.41 Å². The van der Waals surface area contributed by atoms with Crippen LogP contribution in [0.15, 0.2) is 54.6 Å². The predicted molar refractivity (Wildman–Crippen MR) is 119 cm³/mol. The first-order valence-electron chi connectivity index (χ1n) is 10.7. The normalized spacial score (nSPS) is 16.3. The molecule has 0 saturated heterocycles. The first-order chi connectivity index (χ1) is 12.9. The summed E-state index contributed by atoms with van der Waals surface area (Å²) in [5.74, 6) is 0. The molecule has 0 aliphatic heterocycles. The summed E-state index contributed by atoms with van der Waals surface area (Å²) >= 11 is 0. The molecule has 0 amide bonds. The maximum atomic E-state index is 2.49.